The number of hydrogen-bond donors (Lipinski definition) is 0. The Kier molecular flexibility index (Phi) is 50.4. The van der Waals surface area contributed by atoms with E-state index in [9.17, 15) is 9.59 Å². The van der Waals surface area contributed by atoms with Gasteiger partial charge in [0.1, 0.15) is 6.61 Å². The molecular formula is C57H100O5. The number of rotatable bonds is 48. The van der Waals surface area contributed by atoms with Gasteiger partial charge in [-0.2, -0.15) is 0 Å². The van der Waals surface area contributed by atoms with Crippen molar-refractivity contribution >= 4 is 11.9 Å². The third-order valence-electron chi connectivity index (χ3n) is 11.3. The average molecular weight is 865 g/mol. The summed E-state index contributed by atoms with van der Waals surface area (Å²) in [5.74, 6) is -0.424. The van der Waals surface area contributed by atoms with E-state index in [0.717, 1.165) is 77.0 Å². The second-order valence-corrected chi connectivity index (χ2v) is 17.4. The Labute approximate surface area is 385 Å². The second kappa shape index (κ2) is 52.7. The highest BCUT2D eigenvalue weighted by Crippen LogP contribution is 2.15. The molecule has 1 atom stereocenters. The van der Waals surface area contributed by atoms with E-state index in [1.165, 1.54) is 141 Å². The zero-order valence-electron chi connectivity index (χ0n) is 41.1. The van der Waals surface area contributed by atoms with E-state index in [2.05, 4.69) is 93.7 Å². The number of hydrogen-bond acceptors (Lipinski definition) is 5. The summed E-state index contributed by atoms with van der Waals surface area (Å²) >= 11 is 0. The average Bonchev–Trinajstić information content (AvgIpc) is 3.27. The van der Waals surface area contributed by atoms with Crippen molar-refractivity contribution in [2.45, 2.75) is 258 Å². The van der Waals surface area contributed by atoms with E-state index in [0.29, 0.717) is 19.4 Å². The van der Waals surface area contributed by atoms with Crippen LogP contribution in [-0.4, -0.2) is 37.9 Å². The molecule has 0 amide bonds. The Hall–Kier alpha value is -2.66. The van der Waals surface area contributed by atoms with Crippen LogP contribution in [0, 0.1) is 0 Å². The van der Waals surface area contributed by atoms with E-state index in [-0.39, 0.29) is 25.2 Å². The summed E-state index contributed by atoms with van der Waals surface area (Å²) in [7, 11) is 0. The Bertz CT molecular complexity index is 1110. The van der Waals surface area contributed by atoms with Crippen LogP contribution in [0.1, 0.15) is 252 Å². The molecule has 0 spiro atoms. The Morgan fingerprint density at radius 2 is 0.710 bits per heavy atom. The molecule has 62 heavy (non-hydrogen) atoms. The molecule has 5 nitrogen and oxygen atoms in total. The van der Waals surface area contributed by atoms with Crippen LogP contribution in [0.5, 0.6) is 0 Å². The molecule has 0 aliphatic heterocycles. The number of esters is 2. The van der Waals surface area contributed by atoms with Crippen molar-refractivity contribution in [3.05, 3.63) is 72.9 Å². The van der Waals surface area contributed by atoms with Crippen LogP contribution in [0.3, 0.4) is 0 Å². The molecule has 0 N–H and O–H groups in total. The molecule has 0 fully saturated rings. The fourth-order valence-corrected chi connectivity index (χ4v) is 7.35. The molecule has 0 aromatic rings. The standard InChI is InChI=1S/C57H100O5/c1-4-7-10-13-16-19-21-23-25-27-28-29-31-33-35-37-40-43-46-49-52-60-53-55(62-57(59)51-48-45-42-38-18-15-12-9-6-3)54-61-56(58)50-47-44-41-39-36-34-32-30-26-24-22-20-17-14-11-8-5-2/h7,10,16,19,23,25,28-29,33,35,40,43,55H,4-6,8-9,11-15,17-18,20-22,24,26-27,30-32,34,36-39,41-42,44-54H2,1-3H3/b10-7-,19-16-,25-23-,29-28-,35-33-,43-40-. The van der Waals surface area contributed by atoms with Crippen molar-refractivity contribution in [2.75, 3.05) is 19.8 Å². The monoisotopic (exact) mass is 865 g/mol. The normalized spacial score (nSPS) is 12.8. The van der Waals surface area contributed by atoms with Gasteiger partial charge in [0.05, 0.1) is 6.61 Å². The van der Waals surface area contributed by atoms with Crippen LogP contribution >= 0.6 is 0 Å². The first-order valence-corrected chi connectivity index (χ1v) is 26.5. The van der Waals surface area contributed by atoms with Crippen LogP contribution in [0.15, 0.2) is 72.9 Å². The zero-order chi connectivity index (χ0) is 44.9. The van der Waals surface area contributed by atoms with Crippen LogP contribution < -0.4 is 0 Å². The first-order valence-electron chi connectivity index (χ1n) is 26.5. The van der Waals surface area contributed by atoms with Gasteiger partial charge in [-0.25, -0.2) is 0 Å². The third kappa shape index (κ3) is 50.0. The van der Waals surface area contributed by atoms with Crippen LogP contribution in [-0.2, 0) is 23.8 Å². The molecule has 0 saturated carbocycles. The Morgan fingerprint density at radius 1 is 0.371 bits per heavy atom. The quantitative estimate of drug-likeness (QED) is 0.0346. The summed E-state index contributed by atoms with van der Waals surface area (Å²) in [6, 6.07) is 0. The van der Waals surface area contributed by atoms with Gasteiger partial charge in [-0.3, -0.25) is 9.59 Å². The van der Waals surface area contributed by atoms with E-state index in [4.69, 9.17) is 14.2 Å². The largest absolute Gasteiger partial charge is 0.462 e. The van der Waals surface area contributed by atoms with Crippen LogP contribution in [0.4, 0.5) is 0 Å². The Morgan fingerprint density at radius 3 is 1.10 bits per heavy atom. The summed E-state index contributed by atoms with van der Waals surface area (Å²) in [6.07, 6.45) is 67.9. The van der Waals surface area contributed by atoms with Gasteiger partial charge >= 0.3 is 11.9 Å². The molecule has 0 aliphatic carbocycles. The fourth-order valence-electron chi connectivity index (χ4n) is 7.35. The number of ether oxygens (including phenoxy) is 3. The van der Waals surface area contributed by atoms with Crippen molar-refractivity contribution in [1.82, 2.24) is 0 Å². The first-order chi connectivity index (χ1) is 30.6. The third-order valence-corrected chi connectivity index (χ3v) is 11.3. The summed E-state index contributed by atoms with van der Waals surface area (Å²) < 4.78 is 17.3. The topological polar surface area (TPSA) is 61.8 Å². The summed E-state index contributed by atoms with van der Waals surface area (Å²) in [6.45, 7) is 7.58. The summed E-state index contributed by atoms with van der Waals surface area (Å²) in [5.41, 5.74) is 0. The molecule has 358 valence electrons. The number of carbonyl (C=O) groups is 2. The smallest absolute Gasteiger partial charge is 0.306 e. The maximum atomic E-state index is 12.7. The van der Waals surface area contributed by atoms with Crippen LogP contribution in [0.2, 0.25) is 0 Å². The van der Waals surface area contributed by atoms with Gasteiger partial charge in [0.2, 0.25) is 0 Å². The molecule has 0 heterocycles. The van der Waals surface area contributed by atoms with Gasteiger partial charge in [-0.1, -0.05) is 248 Å². The fraction of sp³-hybridized carbons (Fsp3) is 0.754. The second-order valence-electron chi connectivity index (χ2n) is 17.4. The van der Waals surface area contributed by atoms with Crippen molar-refractivity contribution in [3.8, 4) is 0 Å². The van der Waals surface area contributed by atoms with Crippen molar-refractivity contribution in [3.63, 3.8) is 0 Å². The van der Waals surface area contributed by atoms with Crippen LogP contribution in [0.25, 0.3) is 0 Å². The summed E-state index contributed by atoms with van der Waals surface area (Å²) in [5, 5.41) is 0. The molecule has 0 aromatic heterocycles. The molecule has 0 bridgehead atoms. The minimum Gasteiger partial charge on any atom is -0.462 e. The molecule has 0 aliphatic rings. The lowest BCUT2D eigenvalue weighted by Gasteiger charge is -2.18. The van der Waals surface area contributed by atoms with Crippen molar-refractivity contribution in [1.29, 1.82) is 0 Å². The number of allylic oxidation sites excluding steroid dienone is 12. The predicted octanol–water partition coefficient (Wildman–Crippen LogP) is 17.9. The van der Waals surface area contributed by atoms with E-state index in [1.54, 1.807) is 0 Å². The molecule has 0 saturated heterocycles. The lowest BCUT2D eigenvalue weighted by molar-refractivity contribution is -0.163. The number of carbonyl (C=O) groups excluding carboxylic acids is 2. The van der Waals surface area contributed by atoms with Gasteiger partial charge in [0, 0.05) is 19.4 Å². The minimum atomic E-state index is -0.563. The van der Waals surface area contributed by atoms with Gasteiger partial charge in [-0.15, -0.1) is 0 Å². The molecular weight excluding hydrogens is 765 g/mol. The van der Waals surface area contributed by atoms with Gasteiger partial charge < -0.3 is 14.2 Å². The molecule has 0 aromatic carbocycles. The van der Waals surface area contributed by atoms with E-state index in [1.807, 2.05) is 0 Å². The maximum absolute atomic E-state index is 12.7. The predicted molar refractivity (Wildman–Crippen MR) is 270 cm³/mol. The molecule has 5 heteroatoms. The zero-order valence-corrected chi connectivity index (χ0v) is 41.1. The lowest BCUT2D eigenvalue weighted by Crippen LogP contribution is -2.30. The molecule has 0 radical (unpaired) electrons. The Balaban J connectivity index is 4.26. The van der Waals surface area contributed by atoms with E-state index >= 15 is 0 Å². The molecule has 1 unspecified atom stereocenters. The van der Waals surface area contributed by atoms with Gasteiger partial charge in [0.15, 0.2) is 6.10 Å². The van der Waals surface area contributed by atoms with Crippen molar-refractivity contribution < 1.29 is 23.8 Å². The highest BCUT2D eigenvalue weighted by molar-refractivity contribution is 5.70. The van der Waals surface area contributed by atoms with Gasteiger partial charge in [-0.05, 0) is 64.2 Å². The highest BCUT2D eigenvalue weighted by atomic mass is 16.6. The lowest BCUT2D eigenvalue weighted by atomic mass is 10.0. The first kappa shape index (κ1) is 59.3. The SMILES string of the molecule is CC/C=C\C/C=C\C/C=C\C/C=C\C/C=C\C/C=C\CCCOCC(COC(=O)CCCCCCCCCCCCCCCCCCC)OC(=O)CCCCCCCCCCC. The minimum absolute atomic E-state index is 0.0639. The summed E-state index contributed by atoms with van der Waals surface area (Å²) in [4.78, 5) is 25.3. The maximum Gasteiger partial charge on any atom is 0.306 e. The highest BCUT2D eigenvalue weighted by Gasteiger charge is 2.17. The van der Waals surface area contributed by atoms with Crippen molar-refractivity contribution in [2.24, 2.45) is 0 Å². The van der Waals surface area contributed by atoms with Gasteiger partial charge in [0.25, 0.3) is 0 Å². The molecule has 0 rings (SSSR count). The number of unbranched alkanes of at least 4 members (excludes halogenated alkanes) is 25. The van der Waals surface area contributed by atoms with E-state index < -0.39 is 6.10 Å².